The number of allylic oxidation sites excluding steroid dienone is 1. The summed E-state index contributed by atoms with van der Waals surface area (Å²) in [7, 11) is -3.90. The fourth-order valence-electron chi connectivity index (χ4n) is 3.42. The molecule has 0 aliphatic rings. The molecule has 2 aromatic heterocycles. The van der Waals surface area contributed by atoms with Crippen LogP contribution >= 0.6 is 0 Å². The van der Waals surface area contributed by atoms with Gasteiger partial charge in [0, 0.05) is 23.3 Å². The van der Waals surface area contributed by atoms with Crippen molar-refractivity contribution >= 4 is 15.9 Å². The highest BCUT2D eigenvalue weighted by atomic mass is 32.2. The Labute approximate surface area is 181 Å². The third-order valence-corrected chi connectivity index (χ3v) is 6.58. The van der Waals surface area contributed by atoms with Gasteiger partial charge in [-0.15, -0.1) is 0 Å². The van der Waals surface area contributed by atoms with E-state index in [4.69, 9.17) is 0 Å². The zero-order valence-electron chi connectivity index (χ0n) is 17.1. The molecule has 6 nitrogen and oxygen atoms in total. The molecule has 154 valence electrons. The van der Waals surface area contributed by atoms with Gasteiger partial charge in [-0.05, 0) is 74.5 Å². The first-order valence-corrected chi connectivity index (χ1v) is 11.1. The zero-order valence-corrected chi connectivity index (χ0v) is 17.9. The van der Waals surface area contributed by atoms with Gasteiger partial charge in [-0.25, -0.2) is 13.1 Å². The first-order valence-electron chi connectivity index (χ1n) is 9.63. The van der Waals surface area contributed by atoms with Crippen molar-refractivity contribution in [3.05, 3.63) is 101 Å². The lowest BCUT2D eigenvalue weighted by atomic mass is 10.2. The molecule has 0 aliphatic heterocycles. The Kier molecular flexibility index (Phi) is 5.32. The van der Waals surface area contributed by atoms with E-state index in [0.717, 1.165) is 22.8 Å². The summed E-state index contributed by atoms with van der Waals surface area (Å²) in [6.45, 7) is 3.95. The molecule has 0 atom stereocenters. The molecule has 0 radical (unpaired) electrons. The number of nitrogens with zero attached hydrogens (tertiary/aromatic N) is 4. The van der Waals surface area contributed by atoms with Crippen LogP contribution in [0.2, 0.25) is 0 Å². The van der Waals surface area contributed by atoms with Crippen LogP contribution in [0.5, 0.6) is 0 Å². The monoisotopic (exact) mass is 428 g/mol. The lowest BCUT2D eigenvalue weighted by molar-refractivity contribution is 0.603. The van der Waals surface area contributed by atoms with Gasteiger partial charge in [-0.2, -0.15) is 10.4 Å². The lowest BCUT2D eigenvalue weighted by Gasteiger charge is -2.10. The third-order valence-electron chi connectivity index (χ3n) is 4.89. The number of nitriles is 1. The predicted octanol–water partition coefficient (Wildman–Crippen LogP) is 4.62. The SMILES string of the molecule is Cc1cc(C)n(-c2ccc(-n3cccc3/C=C(/C#N)S(=O)(=O)c3ccccc3)cc2)n1. The Morgan fingerprint density at radius 1 is 0.968 bits per heavy atom. The van der Waals surface area contributed by atoms with Gasteiger partial charge >= 0.3 is 0 Å². The summed E-state index contributed by atoms with van der Waals surface area (Å²) in [6, 6.07) is 23.2. The minimum absolute atomic E-state index is 0.0927. The maximum Gasteiger partial charge on any atom is 0.216 e. The summed E-state index contributed by atoms with van der Waals surface area (Å²) in [5.74, 6) is 0. The van der Waals surface area contributed by atoms with Crippen molar-refractivity contribution in [2.24, 2.45) is 0 Å². The van der Waals surface area contributed by atoms with E-state index in [2.05, 4.69) is 5.10 Å². The first-order chi connectivity index (χ1) is 14.9. The molecule has 0 fully saturated rings. The highest BCUT2D eigenvalue weighted by Crippen LogP contribution is 2.23. The van der Waals surface area contributed by atoms with E-state index in [1.807, 2.05) is 71.8 Å². The minimum Gasteiger partial charge on any atom is -0.317 e. The molecule has 4 rings (SSSR count). The number of benzene rings is 2. The molecule has 2 aromatic carbocycles. The van der Waals surface area contributed by atoms with Gasteiger partial charge in [0.25, 0.3) is 0 Å². The van der Waals surface area contributed by atoms with E-state index >= 15 is 0 Å². The van der Waals surface area contributed by atoms with E-state index in [1.54, 1.807) is 24.3 Å². The van der Waals surface area contributed by atoms with E-state index in [9.17, 15) is 13.7 Å². The molecular weight excluding hydrogens is 408 g/mol. The zero-order chi connectivity index (χ0) is 22.0. The molecule has 0 bridgehead atoms. The number of aromatic nitrogens is 3. The Balaban J connectivity index is 1.71. The highest BCUT2D eigenvalue weighted by Gasteiger charge is 2.21. The van der Waals surface area contributed by atoms with E-state index < -0.39 is 9.84 Å². The van der Waals surface area contributed by atoms with Crippen LogP contribution in [0.3, 0.4) is 0 Å². The maximum absolute atomic E-state index is 12.9. The Bertz CT molecular complexity index is 1400. The van der Waals surface area contributed by atoms with Crippen LogP contribution in [0.25, 0.3) is 17.5 Å². The van der Waals surface area contributed by atoms with Gasteiger partial charge in [0.1, 0.15) is 6.07 Å². The average molecular weight is 429 g/mol. The normalized spacial score (nSPS) is 12.0. The van der Waals surface area contributed by atoms with Gasteiger partial charge in [-0.3, -0.25) is 0 Å². The van der Waals surface area contributed by atoms with Crippen molar-refractivity contribution in [1.29, 1.82) is 5.26 Å². The lowest BCUT2D eigenvalue weighted by Crippen LogP contribution is -2.04. The van der Waals surface area contributed by atoms with Crippen LogP contribution in [0.15, 0.2) is 88.8 Å². The first kappa shape index (κ1) is 20.4. The van der Waals surface area contributed by atoms with Gasteiger partial charge in [-0.1, -0.05) is 18.2 Å². The molecule has 0 spiro atoms. The standard InChI is InChI=1S/C24H20N4O2S/c1-18-15-19(2)28(26-18)21-12-10-20(11-13-21)27-14-6-7-22(27)16-24(17-25)31(29,30)23-8-4-3-5-9-23/h3-16H,1-2H3/b24-16-. The Morgan fingerprint density at radius 2 is 1.65 bits per heavy atom. The molecule has 4 aromatic rings. The molecule has 0 N–H and O–H groups in total. The van der Waals surface area contributed by atoms with E-state index in [0.29, 0.717) is 5.69 Å². The Hall–Kier alpha value is -3.89. The van der Waals surface area contributed by atoms with Gasteiger partial charge in [0.05, 0.1) is 16.3 Å². The minimum atomic E-state index is -3.90. The fourth-order valence-corrected chi connectivity index (χ4v) is 4.59. The molecule has 0 unspecified atom stereocenters. The molecule has 0 amide bonds. The molecule has 2 heterocycles. The van der Waals surface area contributed by atoms with Gasteiger partial charge in [0.2, 0.25) is 9.84 Å². The molecule has 7 heteroatoms. The molecule has 0 aliphatic carbocycles. The second-order valence-corrected chi connectivity index (χ2v) is 9.01. The molecule has 31 heavy (non-hydrogen) atoms. The van der Waals surface area contributed by atoms with Crippen molar-refractivity contribution in [3.8, 4) is 17.4 Å². The predicted molar refractivity (Wildman–Crippen MR) is 120 cm³/mol. The van der Waals surface area contributed by atoms with Gasteiger partial charge < -0.3 is 4.57 Å². The van der Waals surface area contributed by atoms with Crippen molar-refractivity contribution in [1.82, 2.24) is 14.3 Å². The number of sulfone groups is 1. The largest absolute Gasteiger partial charge is 0.317 e. The third kappa shape index (κ3) is 3.93. The summed E-state index contributed by atoms with van der Waals surface area (Å²) in [4.78, 5) is -0.215. The summed E-state index contributed by atoms with van der Waals surface area (Å²) < 4.78 is 29.4. The number of hydrogen-bond donors (Lipinski definition) is 0. The number of hydrogen-bond acceptors (Lipinski definition) is 4. The molecule has 0 saturated carbocycles. The highest BCUT2D eigenvalue weighted by molar-refractivity contribution is 7.95. The topological polar surface area (TPSA) is 80.7 Å². The van der Waals surface area contributed by atoms with Crippen molar-refractivity contribution in [2.75, 3.05) is 0 Å². The van der Waals surface area contributed by atoms with E-state index in [-0.39, 0.29) is 9.80 Å². The van der Waals surface area contributed by atoms with Crippen LogP contribution < -0.4 is 0 Å². The van der Waals surface area contributed by atoms with Crippen LogP contribution in [-0.2, 0) is 9.84 Å². The quantitative estimate of drug-likeness (QED) is 0.435. The second-order valence-electron chi connectivity index (χ2n) is 7.10. The average Bonchev–Trinajstić information content (AvgIpc) is 3.38. The number of rotatable bonds is 5. The summed E-state index contributed by atoms with van der Waals surface area (Å²) in [5, 5.41) is 14.1. The smallest absolute Gasteiger partial charge is 0.216 e. The fraction of sp³-hybridized carbons (Fsp3) is 0.0833. The maximum atomic E-state index is 12.9. The summed E-state index contributed by atoms with van der Waals surface area (Å²) in [5.41, 5.74) is 4.36. The summed E-state index contributed by atoms with van der Waals surface area (Å²) >= 11 is 0. The second kappa shape index (κ2) is 8.09. The number of aryl methyl sites for hydroxylation is 2. The van der Waals surface area contributed by atoms with Crippen molar-refractivity contribution in [2.45, 2.75) is 18.7 Å². The van der Waals surface area contributed by atoms with Gasteiger partial charge in [0.15, 0.2) is 4.91 Å². The van der Waals surface area contributed by atoms with Crippen molar-refractivity contribution in [3.63, 3.8) is 0 Å². The van der Waals surface area contributed by atoms with Crippen LogP contribution in [0.1, 0.15) is 17.1 Å². The molecule has 0 saturated heterocycles. The van der Waals surface area contributed by atoms with Crippen LogP contribution in [0, 0.1) is 25.2 Å². The summed E-state index contributed by atoms with van der Waals surface area (Å²) in [6.07, 6.45) is 3.23. The van der Waals surface area contributed by atoms with Crippen molar-refractivity contribution < 1.29 is 8.42 Å². The van der Waals surface area contributed by atoms with E-state index in [1.165, 1.54) is 18.2 Å². The molecular formula is C24H20N4O2S. The van der Waals surface area contributed by atoms with Crippen LogP contribution in [-0.4, -0.2) is 22.8 Å². The Morgan fingerprint density at radius 3 is 2.26 bits per heavy atom. The van der Waals surface area contributed by atoms with Crippen LogP contribution in [0.4, 0.5) is 0 Å².